The van der Waals surface area contributed by atoms with E-state index in [1.165, 1.54) is 0 Å². The Balaban J connectivity index is 2.68. The first-order chi connectivity index (χ1) is 5.74. The van der Waals surface area contributed by atoms with Gasteiger partial charge in [-0.15, -0.1) is 0 Å². The van der Waals surface area contributed by atoms with Crippen molar-refractivity contribution in [3.05, 3.63) is 34.9 Å². The van der Waals surface area contributed by atoms with Crippen LogP contribution in [0, 0.1) is 0 Å². The van der Waals surface area contributed by atoms with Crippen LogP contribution < -0.4 is 0 Å². The first-order valence-electron chi connectivity index (χ1n) is 4.17. The van der Waals surface area contributed by atoms with Gasteiger partial charge in [0, 0.05) is 5.02 Å². The Bertz CT molecular complexity index is 230. The van der Waals surface area contributed by atoms with Crippen molar-refractivity contribution >= 4 is 11.6 Å². The summed E-state index contributed by atoms with van der Waals surface area (Å²) in [5.74, 6) is 0. The molecule has 0 saturated carbocycles. The van der Waals surface area contributed by atoms with Crippen molar-refractivity contribution in [2.45, 2.75) is 25.9 Å². The van der Waals surface area contributed by atoms with E-state index in [-0.39, 0.29) is 6.10 Å². The molecule has 12 heavy (non-hydrogen) atoms. The van der Waals surface area contributed by atoms with E-state index in [4.69, 9.17) is 11.6 Å². The van der Waals surface area contributed by atoms with E-state index in [0.717, 1.165) is 18.4 Å². The molecule has 0 heterocycles. The highest BCUT2D eigenvalue weighted by atomic mass is 35.5. The molecule has 0 spiro atoms. The minimum Gasteiger partial charge on any atom is -0.388 e. The molecule has 0 aromatic heterocycles. The molecule has 1 nitrogen and oxygen atoms in total. The van der Waals surface area contributed by atoms with Gasteiger partial charge in [0.2, 0.25) is 0 Å². The molecule has 0 bridgehead atoms. The number of hydrogen-bond donors (Lipinski definition) is 1. The highest BCUT2D eigenvalue weighted by Crippen LogP contribution is 2.19. The second-order valence-electron chi connectivity index (χ2n) is 2.86. The molecule has 0 aliphatic carbocycles. The Hall–Kier alpha value is -0.530. The first-order valence-corrected chi connectivity index (χ1v) is 4.55. The smallest absolute Gasteiger partial charge is 0.0790 e. The molecule has 0 radical (unpaired) electrons. The minimum atomic E-state index is -0.340. The molecule has 0 aliphatic heterocycles. The van der Waals surface area contributed by atoms with Crippen molar-refractivity contribution in [2.24, 2.45) is 0 Å². The summed E-state index contributed by atoms with van der Waals surface area (Å²) in [4.78, 5) is 0. The van der Waals surface area contributed by atoms with E-state index >= 15 is 0 Å². The van der Waals surface area contributed by atoms with Crippen molar-refractivity contribution < 1.29 is 5.11 Å². The topological polar surface area (TPSA) is 20.2 Å². The number of rotatable bonds is 3. The van der Waals surface area contributed by atoms with E-state index in [0.29, 0.717) is 5.02 Å². The monoisotopic (exact) mass is 184 g/mol. The van der Waals surface area contributed by atoms with Crippen LogP contribution in [-0.2, 0) is 0 Å². The van der Waals surface area contributed by atoms with E-state index in [1.54, 1.807) is 12.1 Å². The fourth-order valence-corrected chi connectivity index (χ4v) is 1.25. The molecule has 0 aliphatic rings. The second kappa shape index (κ2) is 4.48. The Morgan fingerprint density at radius 1 is 1.33 bits per heavy atom. The molecule has 1 atom stereocenters. The molecule has 0 amide bonds. The fraction of sp³-hybridized carbons (Fsp3) is 0.400. The van der Waals surface area contributed by atoms with Gasteiger partial charge in [-0.05, 0) is 24.1 Å². The van der Waals surface area contributed by atoms with Crippen molar-refractivity contribution in [1.82, 2.24) is 0 Å². The number of benzene rings is 1. The summed E-state index contributed by atoms with van der Waals surface area (Å²) in [6, 6.07) is 7.33. The predicted molar refractivity (Wildman–Crippen MR) is 51.3 cm³/mol. The number of aliphatic hydroxyl groups excluding tert-OH is 1. The van der Waals surface area contributed by atoms with Gasteiger partial charge in [0.25, 0.3) is 0 Å². The largest absolute Gasteiger partial charge is 0.388 e. The van der Waals surface area contributed by atoms with Crippen LogP contribution in [0.2, 0.25) is 5.02 Å². The van der Waals surface area contributed by atoms with Gasteiger partial charge in [-0.25, -0.2) is 0 Å². The molecule has 2 heteroatoms. The van der Waals surface area contributed by atoms with E-state index < -0.39 is 0 Å². The molecule has 0 fully saturated rings. The van der Waals surface area contributed by atoms with Crippen LogP contribution in [0.25, 0.3) is 0 Å². The van der Waals surface area contributed by atoms with Crippen LogP contribution in [0.4, 0.5) is 0 Å². The zero-order valence-corrected chi connectivity index (χ0v) is 7.88. The predicted octanol–water partition coefficient (Wildman–Crippen LogP) is 3.17. The summed E-state index contributed by atoms with van der Waals surface area (Å²) in [6.07, 6.45) is 1.46. The summed E-state index contributed by atoms with van der Waals surface area (Å²) < 4.78 is 0. The normalized spacial score (nSPS) is 12.9. The molecule has 0 unspecified atom stereocenters. The van der Waals surface area contributed by atoms with Crippen LogP contribution in [0.15, 0.2) is 24.3 Å². The fourth-order valence-electron chi connectivity index (χ4n) is 1.13. The summed E-state index contributed by atoms with van der Waals surface area (Å²) in [5, 5.41) is 10.3. The van der Waals surface area contributed by atoms with Gasteiger partial charge < -0.3 is 5.11 Å². The van der Waals surface area contributed by atoms with Crippen molar-refractivity contribution in [3.63, 3.8) is 0 Å². The highest BCUT2D eigenvalue weighted by molar-refractivity contribution is 6.30. The summed E-state index contributed by atoms with van der Waals surface area (Å²) in [5.41, 5.74) is 0.946. The number of aliphatic hydroxyl groups is 1. The van der Waals surface area contributed by atoms with Crippen LogP contribution in [0.3, 0.4) is 0 Å². The highest BCUT2D eigenvalue weighted by Gasteiger charge is 2.04. The van der Waals surface area contributed by atoms with Crippen molar-refractivity contribution in [2.75, 3.05) is 0 Å². The van der Waals surface area contributed by atoms with Gasteiger partial charge in [0.05, 0.1) is 6.10 Å². The lowest BCUT2D eigenvalue weighted by Gasteiger charge is -2.08. The molecular weight excluding hydrogens is 172 g/mol. The number of hydrogen-bond acceptors (Lipinski definition) is 1. The van der Waals surface area contributed by atoms with Gasteiger partial charge in [-0.3, -0.25) is 0 Å². The number of halogens is 1. The maximum absolute atomic E-state index is 9.57. The Labute approximate surface area is 78.0 Å². The van der Waals surface area contributed by atoms with E-state index in [9.17, 15) is 5.11 Å². The van der Waals surface area contributed by atoms with Crippen LogP contribution in [0.1, 0.15) is 31.4 Å². The molecular formula is C10H13ClO. The Morgan fingerprint density at radius 3 is 2.42 bits per heavy atom. The van der Waals surface area contributed by atoms with E-state index in [1.807, 2.05) is 12.1 Å². The average molecular weight is 185 g/mol. The van der Waals surface area contributed by atoms with Gasteiger partial charge in [-0.1, -0.05) is 37.1 Å². The lowest BCUT2D eigenvalue weighted by atomic mass is 10.1. The molecule has 1 aromatic rings. The molecule has 66 valence electrons. The SMILES string of the molecule is CCC[C@@H](O)c1ccc(Cl)cc1. The molecule has 1 aromatic carbocycles. The average Bonchev–Trinajstić information content (AvgIpc) is 2.06. The zero-order chi connectivity index (χ0) is 8.97. The van der Waals surface area contributed by atoms with E-state index in [2.05, 4.69) is 6.92 Å². The van der Waals surface area contributed by atoms with Crippen molar-refractivity contribution in [3.8, 4) is 0 Å². The third-order valence-electron chi connectivity index (χ3n) is 1.82. The zero-order valence-electron chi connectivity index (χ0n) is 7.13. The van der Waals surface area contributed by atoms with Crippen molar-refractivity contribution in [1.29, 1.82) is 0 Å². The molecule has 1 N–H and O–H groups in total. The summed E-state index contributed by atoms with van der Waals surface area (Å²) in [7, 11) is 0. The third kappa shape index (κ3) is 2.50. The molecule has 0 saturated heterocycles. The van der Waals surface area contributed by atoms with Gasteiger partial charge in [0.1, 0.15) is 0 Å². The Morgan fingerprint density at radius 2 is 1.92 bits per heavy atom. The first kappa shape index (κ1) is 9.56. The second-order valence-corrected chi connectivity index (χ2v) is 3.29. The van der Waals surface area contributed by atoms with Crippen LogP contribution >= 0.6 is 11.6 Å². The lowest BCUT2D eigenvalue weighted by molar-refractivity contribution is 0.166. The maximum Gasteiger partial charge on any atom is 0.0790 e. The minimum absolute atomic E-state index is 0.340. The summed E-state index contributed by atoms with van der Waals surface area (Å²) in [6.45, 7) is 2.05. The van der Waals surface area contributed by atoms with Gasteiger partial charge in [-0.2, -0.15) is 0 Å². The van der Waals surface area contributed by atoms with Crippen LogP contribution in [0.5, 0.6) is 0 Å². The Kier molecular flexibility index (Phi) is 3.57. The lowest BCUT2D eigenvalue weighted by Crippen LogP contribution is -1.95. The van der Waals surface area contributed by atoms with Gasteiger partial charge >= 0.3 is 0 Å². The van der Waals surface area contributed by atoms with Gasteiger partial charge in [0.15, 0.2) is 0 Å². The standard InChI is InChI=1S/C10H13ClO/c1-2-3-10(12)8-4-6-9(11)7-5-8/h4-7,10,12H,2-3H2,1H3/t10-/m1/s1. The quantitative estimate of drug-likeness (QED) is 0.765. The molecule has 1 rings (SSSR count). The van der Waals surface area contributed by atoms with Crippen LogP contribution in [-0.4, -0.2) is 5.11 Å². The third-order valence-corrected chi connectivity index (χ3v) is 2.07. The maximum atomic E-state index is 9.57. The summed E-state index contributed by atoms with van der Waals surface area (Å²) >= 11 is 5.71.